The van der Waals surface area contributed by atoms with Gasteiger partial charge in [0.15, 0.2) is 5.41 Å². The first kappa shape index (κ1) is 26.9. The summed E-state index contributed by atoms with van der Waals surface area (Å²) in [6, 6.07) is 0. The van der Waals surface area contributed by atoms with Crippen molar-refractivity contribution in [1.82, 2.24) is 0 Å². The fourth-order valence-corrected chi connectivity index (χ4v) is 3.69. The van der Waals surface area contributed by atoms with Crippen LogP contribution in [0.2, 0.25) is 0 Å². The first-order valence-corrected chi connectivity index (χ1v) is 9.58. The lowest BCUT2D eigenvalue weighted by atomic mass is 9.64. The molecule has 1 unspecified atom stereocenters. The molecule has 0 saturated heterocycles. The molecule has 2 nitrogen and oxygen atoms in total. The maximum absolute atomic E-state index is 13.8. The predicted molar refractivity (Wildman–Crippen MR) is 90.3 cm³/mol. The zero-order chi connectivity index (χ0) is 24.0. The first-order valence-electron chi connectivity index (χ1n) is 9.58. The van der Waals surface area contributed by atoms with Crippen LogP contribution in [0.4, 0.5) is 39.5 Å². The van der Waals surface area contributed by atoms with Gasteiger partial charge < -0.3 is 4.74 Å². The summed E-state index contributed by atoms with van der Waals surface area (Å²) >= 11 is 0. The molecule has 1 saturated carbocycles. The van der Waals surface area contributed by atoms with E-state index in [-0.39, 0.29) is 13.3 Å². The molecular weight excluding hydrogens is 431 g/mol. The minimum absolute atomic E-state index is 0.0464. The minimum atomic E-state index is -5.60. The topological polar surface area (TPSA) is 26.3 Å². The molecule has 11 heteroatoms. The highest BCUT2D eigenvalue weighted by molar-refractivity contribution is 5.76. The van der Waals surface area contributed by atoms with Crippen LogP contribution in [0.25, 0.3) is 0 Å². The summed E-state index contributed by atoms with van der Waals surface area (Å²) in [6.07, 6.45) is -18.7. The Bertz CT molecular complexity index is 597. The van der Waals surface area contributed by atoms with Crippen LogP contribution in [0.15, 0.2) is 0 Å². The van der Waals surface area contributed by atoms with E-state index >= 15 is 0 Å². The number of carbonyl (C=O) groups is 1. The second-order valence-corrected chi connectivity index (χ2v) is 8.98. The van der Waals surface area contributed by atoms with Gasteiger partial charge in [-0.2, -0.15) is 39.5 Å². The van der Waals surface area contributed by atoms with E-state index in [0.29, 0.717) is 6.92 Å². The zero-order valence-corrected chi connectivity index (χ0v) is 17.4. The van der Waals surface area contributed by atoms with Crippen LogP contribution in [-0.4, -0.2) is 30.1 Å². The smallest absolute Gasteiger partial charge is 0.428 e. The van der Waals surface area contributed by atoms with Crippen molar-refractivity contribution in [3.8, 4) is 0 Å². The fraction of sp³-hybridized carbons (Fsp3) is 0.947. The average Bonchev–Trinajstić information content (AvgIpc) is 2.57. The number of hydrogen-bond donors (Lipinski definition) is 0. The Balaban J connectivity index is 3.16. The Morgan fingerprint density at radius 3 is 1.40 bits per heavy atom. The van der Waals surface area contributed by atoms with E-state index in [1.807, 2.05) is 0 Å². The van der Waals surface area contributed by atoms with Gasteiger partial charge in [-0.1, -0.05) is 6.92 Å². The SMILES string of the molecule is CCC(C)(C)C(=O)OC(C)(C1CCC(C(C)(C(F)(F)F)C(F)(F)F)CC1)C(F)(F)F. The van der Waals surface area contributed by atoms with E-state index in [1.165, 1.54) is 13.8 Å². The van der Waals surface area contributed by atoms with Crippen molar-refractivity contribution in [3.63, 3.8) is 0 Å². The molecule has 1 fully saturated rings. The summed E-state index contributed by atoms with van der Waals surface area (Å²) in [5.74, 6) is -4.49. The Labute approximate surface area is 169 Å². The Morgan fingerprint density at radius 2 is 1.10 bits per heavy atom. The molecule has 30 heavy (non-hydrogen) atoms. The number of esters is 1. The molecule has 1 rings (SSSR count). The zero-order valence-electron chi connectivity index (χ0n) is 17.4. The second kappa shape index (κ2) is 8.07. The highest BCUT2D eigenvalue weighted by Gasteiger charge is 2.71. The molecule has 1 atom stereocenters. The summed E-state index contributed by atoms with van der Waals surface area (Å²) < 4.78 is 126. The quantitative estimate of drug-likeness (QED) is 0.321. The van der Waals surface area contributed by atoms with Crippen LogP contribution in [0.1, 0.15) is 66.7 Å². The van der Waals surface area contributed by atoms with Crippen LogP contribution in [0.5, 0.6) is 0 Å². The largest absolute Gasteiger partial charge is 0.449 e. The van der Waals surface area contributed by atoms with E-state index in [4.69, 9.17) is 4.74 Å². The molecule has 1 aliphatic carbocycles. The number of ether oxygens (including phenoxy) is 1. The Morgan fingerprint density at radius 1 is 0.733 bits per heavy atom. The van der Waals surface area contributed by atoms with Crippen LogP contribution in [0.3, 0.4) is 0 Å². The van der Waals surface area contributed by atoms with Crippen molar-refractivity contribution in [3.05, 3.63) is 0 Å². The molecule has 0 radical (unpaired) electrons. The normalized spacial score (nSPS) is 24.3. The Kier molecular flexibility index (Phi) is 7.23. The molecule has 0 N–H and O–H groups in total. The van der Waals surface area contributed by atoms with Crippen LogP contribution >= 0.6 is 0 Å². The molecule has 0 aromatic heterocycles. The van der Waals surface area contributed by atoms with Gasteiger partial charge in [0, 0.05) is 5.92 Å². The number of alkyl halides is 9. The van der Waals surface area contributed by atoms with E-state index in [0.717, 1.165) is 0 Å². The van der Waals surface area contributed by atoms with Crippen molar-refractivity contribution in [2.75, 3.05) is 0 Å². The number of rotatable bonds is 5. The second-order valence-electron chi connectivity index (χ2n) is 8.98. The summed E-state index contributed by atoms with van der Waals surface area (Å²) in [5, 5.41) is 0. The molecule has 1 aliphatic rings. The highest BCUT2D eigenvalue weighted by atomic mass is 19.4. The van der Waals surface area contributed by atoms with Gasteiger partial charge in [0.05, 0.1) is 5.41 Å². The molecule has 178 valence electrons. The summed E-state index contributed by atoms with van der Waals surface area (Å²) in [5.41, 5.74) is -8.26. The van der Waals surface area contributed by atoms with E-state index in [2.05, 4.69) is 0 Å². The van der Waals surface area contributed by atoms with E-state index in [1.54, 1.807) is 6.92 Å². The van der Waals surface area contributed by atoms with E-state index < -0.39 is 78.4 Å². The van der Waals surface area contributed by atoms with Crippen LogP contribution < -0.4 is 0 Å². The Hall–Kier alpha value is -1.16. The molecule has 0 aromatic carbocycles. The molecule has 0 aromatic rings. The minimum Gasteiger partial charge on any atom is -0.449 e. The summed E-state index contributed by atoms with van der Waals surface area (Å²) in [4.78, 5) is 12.3. The summed E-state index contributed by atoms with van der Waals surface area (Å²) in [6.45, 7) is 5.04. The standard InChI is InChI=1S/C19H27F9O2/c1-6-14(2,3)13(29)30-16(5,19(26,27)28)12-9-7-11(8-10-12)15(4,17(20,21)22)18(23,24)25/h11-12H,6-10H2,1-5H3. The number of carbonyl (C=O) groups excluding carboxylic acids is 1. The fourth-order valence-electron chi connectivity index (χ4n) is 3.69. The molecule has 0 amide bonds. The van der Waals surface area contributed by atoms with Crippen LogP contribution in [-0.2, 0) is 9.53 Å². The van der Waals surface area contributed by atoms with Crippen molar-refractivity contribution < 1.29 is 49.0 Å². The molecule has 0 aliphatic heterocycles. The maximum Gasteiger partial charge on any atom is 0.428 e. The third-order valence-corrected chi connectivity index (χ3v) is 6.80. The van der Waals surface area contributed by atoms with Gasteiger partial charge >= 0.3 is 24.5 Å². The van der Waals surface area contributed by atoms with Gasteiger partial charge in [-0.15, -0.1) is 0 Å². The average molecular weight is 458 g/mol. The first-order chi connectivity index (χ1) is 13.1. The lowest BCUT2D eigenvalue weighted by molar-refractivity contribution is -0.356. The molecule has 0 spiro atoms. The van der Waals surface area contributed by atoms with Crippen molar-refractivity contribution in [2.45, 2.75) is 90.9 Å². The molecular formula is C19H27F9O2. The molecule has 0 bridgehead atoms. The predicted octanol–water partition coefficient (Wildman–Crippen LogP) is 7.22. The van der Waals surface area contributed by atoms with Gasteiger partial charge in [0.25, 0.3) is 0 Å². The lowest BCUT2D eigenvalue weighted by Gasteiger charge is -2.47. The van der Waals surface area contributed by atoms with Gasteiger partial charge in [0.2, 0.25) is 5.60 Å². The van der Waals surface area contributed by atoms with Crippen molar-refractivity contribution in [1.29, 1.82) is 0 Å². The third kappa shape index (κ3) is 4.69. The van der Waals surface area contributed by atoms with Gasteiger partial charge in [0.1, 0.15) is 0 Å². The number of halogens is 9. The maximum atomic E-state index is 13.8. The van der Waals surface area contributed by atoms with Gasteiger partial charge in [-0.05, 0) is 65.7 Å². The molecule has 0 heterocycles. The van der Waals surface area contributed by atoms with E-state index in [9.17, 15) is 44.3 Å². The monoisotopic (exact) mass is 458 g/mol. The summed E-state index contributed by atoms with van der Waals surface area (Å²) in [7, 11) is 0. The van der Waals surface area contributed by atoms with Crippen molar-refractivity contribution >= 4 is 5.97 Å². The van der Waals surface area contributed by atoms with Gasteiger partial charge in [-0.3, -0.25) is 4.79 Å². The number of hydrogen-bond acceptors (Lipinski definition) is 2. The third-order valence-electron chi connectivity index (χ3n) is 6.80. The van der Waals surface area contributed by atoms with Crippen LogP contribution in [0, 0.1) is 22.7 Å². The highest BCUT2D eigenvalue weighted by Crippen LogP contribution is 2.59. The van der Waals surface area contributed by atoms with Crippen molar-refractivity contribution in [2.24, 2.45) is 22.7 Å². The van der Waals surface area contributed by atoms with Gasteiger partial charge in [-0.25, -0.2) is 0 Å². The lowest BCUT2D eigenvalue weighted by Crippen LogP contribution is -2.57.